The van der Waals surface area contributed by atoms with Gasteiger partial charge in [-0.3, -0.25) is 9.69 Å². The van der Waals surface area contributed by atoms with Gasteiger partial charge in [0, 0.05) is 19.6 Å². The number of carboxylic acids is 1. The lowest BCUT2D eigenvalue weighted by Gasteiger charge is -2.37. The molecule has 0 aromatic rings. The molecule has 0 aromatic carbocycles. The molecule has 92 valence electrons. The summed E-state index contributed by atoms with van der Waals surface area (Å²) in [5.74, 6) is -0.797. The van der Waals surface area contributed by atoms with Gasteiger partial charge in [-0.25, -0.2) is 0 Å². The van der Waals surface area contributed by atoms with Crippen molar-refractivity contribution < 1.29 is 14.6 Å². The van der Waals surface area contributed by atoms with Crippen LogP contribution >= 0.6 is 0 Å². The molecule has 5 nitrogen and oxygen atoms in total. The molecule has 2 rings (SSSR count). The zero-order valence-electron chi connectivity index (χ0n) is 9.90. The van der Waals surface area contributed by atoms with Crippen molar-refractivity contribution in [2.24, 2.45) is 0 Å². The molecular weight excluding hydrogens is 208 g/mol. The van der Waals surface area contributed by atoms with Gasteiger partial charge in [0.2, 0.25) is 0 Å². The monoisotopic (exact) mass is 228 g/mol. The van der Waals surface area contributed by atoms with Gasteiger partial charge in [-0.2, -0.15) is 0 Å². The average Bonchev–Trinajstić information content (AvgIpc) is 2.58. The van der Waals surface area contributed by atoms with Crippen LogP contribution in [0.1, 0.15) is 19.8 Å². The van der Waals surface area contributed by atoms with Crippen LogP contribution in [0.4, 0.5) is 0 Å². The second kappa shape index (κ2) is 4.31. The van der Waals surface area contributed by atoms with Crippen LogP contribution < -0.4 is 5.32 Å². The zero-order valence-corrected chi connectivity index (χ0v) is 9.90. The summed E-state index contributed by atoms with van der Waals surface area (Å²) in [4.78, 5) is 13.4. The molecule has 2 fully saturated rings. The molecule has 0 aromatic heterocycles. The Morgan fingerprint density at radius 2 is 2.06 bits per heavy atom. The summed E-state index contributed by atoms with van der Waals surface area (Å²) in [5.41, 5.74) is -0.864. The van der Waals surface area contributed by atoms with E-state index in [-0.39, 0.29) is 0 Å². The molecule has 2 heterocycles. The number of likely N-dealkylation sites (N-methyl/N-ethyl adjacent to an activating group) is 1. The SMILES string of the molecule is CNC(C)(CN1CC2CCC(C1)O2)C(=O)O. The van der Waals surface area contributed by atoms with Gasteiger partial charge in [0.1, 0.15) is 5.54 Å². The van der Waals surface area contributed by atoms with Crippen molar-refractivity contribution in [1.82, 2.24) is 10.2 Å². The molecule has 0 aliphatic carbocycles. The number of hydrogen-bond acceptors (Lipinski definition) is 4. The third-order valence-corrected chi connectivity index (χ3v) is 3.68. The standard InChI is InChI=1S/C11H20N2O3/c1-11(12-2,10(14)15)7-13-5-8-3-4-9(6-13)16-8/h8-9,12H,3-7H2,1-2H3,(H,14,15). The third-order valence-electron chi connectivity index (χ3n) is 3.68. The number of carboxylic acid groups (broad SMARTS) is 1. The number of ether oxygens (including phenoxy) is 1. The number of nitrogens with one attached hydrogen (secondary N) is 1. The Morgan fingerprint density at radius 1 is 1.50 bits per heavy atom. The lowest BCUT2D eigenvalue weighted by Crippen LogP contribution is -2.58. The number of fused-ring (bicyclic) bond motifs is 2. The number of carbonyl (C=O) groups is 1. The third kappa shape index (κ3) is 2.21. The number of hydrogen-bond donors (Lipinski definition) is 2. The Morgan fingerprint density at radius 3 is 2.50 bits per heavy atom. The van der Waals surface area contributed by atoms with Gasteiger partial charge < -0.3 is 15.2 Å². The van der Waals surface area contributed by atoms with Crippen LogP contribution in [0, 0.1) is 0 Å². The Bertz CT molecular complexity index is 272. The van der Waals surface area contributed by atoms with E-state index in [1.807, 2.05) is 0 Å². The average molecular weight is 228 g/mol. The van der Waals surface area contributed by atoms with E-state index in [0.29, 0.717) is 18.8 Å². The number of morpholine rings is 1. The summed E-state index contributed by atoms with van der Waals surface area (Å²) in [5, 5.41) is 12.1. The smallest absolute Gasteiger partial charge is 0.324 e. The fourth-order valence-corrected chi connectivity index (χ4v) is 2.53. The van der Waals surface area contributed by atoms with Crippen LogP contribution in [-0.4, -0.2) is 60.4 Å². The Balaban J connectivity index is 1.96. The summed E-state index contributed by atoms with van der Waals surface area (Å²) in [7, 11) is 1.70. The molecule has 3 unspecified atom stereocenters. The molecule has 0 amide bonds. The van der Waals surface area contributed by atoms with Gasteiger partial charge in [-0.1, -0.05) is 0 Å². The second-order valence-corrected chi connectivity index (χ2v) is 5.04. The number of aliphatic carboxylic acids is 1. The second-order valence-electron chi connectivity index (χ2n) is 5.04. The van der Waals surface area contributed by atoms with Crippen LogP contribution in [0.25, 0.3) is 0 Å². The molecule has 2 aliphatic rings. The normalized spacial score (nSPS) is 33.6. The van der Waals surface area contributed by atoms with Crippen LogP contribution in [-0.2, 0) is 9.53 Å². The molecule has 0 radical (unpaired) electrons. The summed E-state index contributed by atoms with van der Waals surface area (Å²) >= 11 is 0. The van der Waals surface area contributed by atoms with Crippen LogP contribution in [0.15, 0.2) is 0 Å². The number of likely N-dealkylation sites (tertiary alicyclic amines) is 1. The predicted octanol–water partition coefficient (Wildman–Crippen LogP) is -0.0877. The van der Waals surface area contributed by atoms with Gasteiger partial charge in [0.15, 0.2) is 0 Å². The summed E-state index contributed by atoms with van der Waals surface area (Å²) < 4.78 is 5.73. The topological polar surface area (TPSA) is 61.8 Å². The van der Waals surface area contributed by atoms with Crippen LogP contribution in [0.5, 0.6) is 0 Å². The van der Waals surface area contributed by atoms with E-state index in [9.17, 15) is 9.90 Å². The molecule has 0 saturated carbocycles. The largest absolute Gasteiger partial charge is 0.480 e. The van der Waals surface area contributed by atoms with E-state index in [4.69, 9.17) is 4.74 Å². The molecular formula is C11H20N2O3. The minimum Gasteiger partial charge on any atom is -0.480 e. The lowest BCUT2D eigenvalue weighted by atomic mass is 10.0. The quantitative estimate of drug-likeness (QED) is 0.704. The van der Waals surface area contributed by atoms with Crippen molar-refractivity contribution in [3.8, 4) is 0 Å². The van der Waals surface area contributed by atoms with E-state index >= 15 is 0 Å². The Kier molecular flexibility index (Phi) is 3.19. The van der Waals surface area contributed by atoms with Crippen molar-refractivity contribution >= 4 is 5.97 Å². The van der Waals surface area contributed by atoms with E-state index in [1.54, 1.807) is 14.0 Å². The first-order chi connectivity index (χ1) is 7.53. The molecule has 2 aliphatic heterocycles. The summed E-state index contributed by atoms with van der Waals surface area (Å²) in [6.07, 6.45) is 2.86. The maximum absolute atomic E-state index is 11.2. The van der Waals surface area contributed by atoms with Crippen molar-refractivity contribution in [3.63, 3.8) is 0 Å². The molecule has 2 bridgehead atoms. The summed E-state index contributed by atoms with van der Waals surface area (Å²) in [6.45, 7) is 3.99. The minimum absolute atomic E-state index is 0.314. The van der Waals surface area contributed by atoms with E-state index < -0.39 is 11.5 Å². The fourth-order valence-electron chi connectivity index (χ4n) is 2.53. The van der Waals surface area contributed by atoms with Crippen LogP contribution in [0.2, 0.25) is 0 Å². The Hall–Kier alpha value is -0.650. The van der Waals surface area contributed by atoms with Gasteiger partial charge >= 0.3 is 5.97 Å². The van der Waals surface area contributed by atoms with Crippen molar-refractivity contribution in [1.29, 1.82) is 0 Å². The van der Waals surface area contributed by atoms with Gasteiger partial charge in [0.25, 0.3) is 0 Å². The lowest BCUT2D eigenvalue weighted by molar-refractivity contribution is -0.145. The first-order valence-corrected chi connectivity index (χ1v) is 5.83. The highest BCUT2D eigenvalue weighted by Crippen LogP contribution is 2.27. The Labute approximate surface area is 95.8 Å². The molecule has 5 heteroatoms. The van der Waals surface area contributed by atoms with Gasteiger partial charge in [-0.05, 0) is 26.8 Å². The molecule has 16 heavy (non-hydrogen) atoms. The number of nitrogens with zero attached hydrogens (tertiary/aromatic N) is 1. The minimum atomic E-state index is -0.864. The van der Waals surface area contributed by atoms with E-state index in [1.165, 1.54) is 0 Å². The molecule has 3 atom stereocenters. The van der Waals surface area contributed by atoms with Crippen molar-refractivity contribution in [3.05, 3.63) is 0 Å². The molecule has 2 saturated heterocycles. The highest BCUT2D eigenvalue weighted by molar-refractivity contribution is 5.78. The maximum Gasteiger partial charge on any atom is 0.324 e. The van der Waals surface area contributed by atoms with Crippen molar-refractivity contribution in [2.75, 3.05) is 26.7 Å². The molecule has 2 N–H and O–H groups in total. The zero-order chi connectivity index (χ0) is 11.8. The van der Waals surface area contributed by atoms with Gasteiger partial charge in [0.05, 0.1) is 12.2 Å². The highest BCUT2D eigenvalue weighted by Gasteiger charge is 2.39. The maximum atomic E-state index is 11.2. The summed E-state index contributed by atoms with van der Waals surface area (Å²) in [6, 6.07) is 0. The van der Waals surface area contributed by atoms with E-state index in [2.05, 4.69) is 10.2 Å². The van der Waals surface area contributed by atoms with E-state index in [0.717, 1.165) is 25.9 Å². The van der Waals surface area contributed by atoms with Crippen molar-refractivity contribution in [2.45, 2.75) is 37.5 Å². The van der Waals surface area contributed by atoms with Crippen LogP contribution in [0.3, 0.4) is 0 Å². The fraction of sp³-hybridized carbons (Fsp3) is 0.909. The first kappa shape index (κ1) is 11.8. The number of rotatable bonds is 4. The van der Waals surface area contributed by atoms with Gasteiger partial charge in [-0.15, -0.1) is 0 Å². The molecule has 0 spiro atoms. The first-order valence-electron chi connectivity index (χ1n) is 5.83. The highest BCUT2D eigenvalue weighted by atomic mass is 16.5. The predicted molar refractivity (Wildman–Crippen MR) is 59.4 cm³/mol.